The number of aromatic amines is 1. The van der Waals surface area contributed by atoms with E-state index in [-0.39, 0.29) is 0 Å². The van der Waals surface area contributed by atoms with Crippen LogP contribution in [0.4, 0.5) is 0 Å². The molecule has 0 unspecified atom stereocenters. The van der Waals surface area contributed by atoms with E-state index in [1.807, 2.05) is 0 Å². The molecule has 2 heterocycles. The second kappa shape index (κ2) is 2.20. The molecule has 0 saturated heterocycles. The van der Waals surface area contributed by atoms with Crippen LogP contribution in [0, 0.1) is 5.21 Å². The molecular formula is C6H4BrN3O. The fraction of sp³-hybridized carbons (Fsp3) is 0. The van der Waals surface area contributed by atoms with Gasteiger partial charge in [0, 0.05) is 0 Å². The van der Waals surface area contributed by atoms with Crippen molar-refractivity contribution in [2.75, 3.05) is 0 Å². The maximum Gasteiger partial charge on any atom is 0.309 e. The lowest BCUT2D eigenvalue weighted by molar-refractivity contribution is -0.579. The lowest BCUT2D eigenvalue weighted by Gasteiger charge is -2.00. The lowest BCUT2D eigenvalue weighted by Crippen LogP contribution is -2.26. The quantitative estimate of drug-likeness (QED) is 0.524. The highest BCUT2D eigenvalue weighted by molar-refractivity contribution is 9.10. The number of nitrogens with one attached hydrogen (secondary N) is 1. The number of aromatic nitrogens is 3. The van der Waals surface area contributed by atoms with Crippen LogP contribution in [0.1, 0.15) is 0 Å². The van der Waals surface area contributed by atoms with Gasteiger partial charge in [0.15, 0.2) is 11.8 Å². The molecule has 1 N–H and O–H groups in total. The predicted octanol–water partition coefficient (Wildman–Crippen LogP) is 0.959. The van der Waals surface area contributed by atoms with Crippen molar-refractivity contribution in [3.63, 3.8) is 0 Å². The third-order valence-corrected chi connectivity index (χ3v) is 1.82. The summed E-state index contributed by atoms with van der Waals surface area (Å²) in [5, 5.41) is 11.1. The molecule has 2 aromatic rings. The number of pyridine rings is 1. The van der Waals surface area contributed by atoms with Gasteiger partial charge in [0.1, 0.15) is 6.20 Å². The first-order valence-corrected chi connectivity index (χ1v) is 3.78. The Morgan fingerprint density at radius 1 is 1.64 bits per heavy atom. The number of imidazole rings is 1. The average molecular weight is 214 g/mol. The largest absolute Gasteiger partial charge is 0.711 e. The number of hydrogen-bond acceptors (Lipinski definition) is 2. The monoisotopic (exact) mass is 213 g/mol. The first-order valence-electron chi connectivity index (χ1n) is 2.99. The normalized spacial score (nSPS) is 10.6. The molecular weight excluding hydrogens is 210 g/mol. The van der Waals surface area contributed by atoms with Gasteiger partial charge in [-0.2, -0.15) is 0 Å². The second-order valence-electron chi connectivity index (χ2n) is 2.12. The average Bonchev–Trinajstić information content (AvgIpc) is 2.34. The van der Waals surface area contributed by atoms with Crippen LogP contribution in [0.15, 0.2) is 23.1 Å². The van der Waals surface area contributed by atoms with Crippen LogP contribution in [0.3, 0.4) is 0 Å². The molecule has 0 amide bonds. The number of rotatable bonds is 0. The molecule has 0 aromatic carbocycles. The maximum atomic E-state index is 11.1. The summed E-state index contributed by atoms with van der Waals surface area (Å²) in [6, 6.07) is 1.78. The molecule has 56 valence electrons. The van der Waals surface area contributed by atoms with Crippen molar-refractivity contribution in [1.29, 1.82) is 0 Å². The Morgan fingerprint density at radius 3 is 3.27 bits per heavy atom. The molecule has 0 aliphatic carbocycles. The highest BCUT2D eigenvalue weighted by Crippen LogP contribution is 2.11. The van der Waals surface area contributed by atoms with Crippen LogP contribution in [0.25, 0.3) is 11.2 Å². The minimum Gasteiger partial charge on any atom is -0.711 e. The van der Waals surface area contributed by atoms with E-state index in [0.717, 1.165) is 9.20 Å². The van der Waals surface area contributed by atoms with E-state index in [1.54, 1.807) is 6.07 Å². The summed E-state index contributed by atoms with van der Waals surface area (Å²) < 4.78 is 1.47. The fourth-order valence-electron chi connectivity index (χ4n) is 0.925. The molecule has 11 heavy (non-hydrogen) atoms. The summed E-state index contributed by atoms with van der Waals surface area (Å²) in [5.74, 6) is 0. The van der Waals surface area contributed by atoms with E-state index in [9.17, 15) is 5.21 Å². The molecule has 0 bridgehead atoms. The zero-order valence-electron chi connectivity index (χ0n) is 5.41. The molecule has 0 radical (unpaired) electrons. The number of fused-ring (bicyclic) bond motifs is 1. The predicted molar refractivity (Wildman–Crippen MR) is 42.8 cm³/mol. The van der Waals surface area contributed by atoms with Crippen LogP contribution in [0.2, 0.25) is 0 Å². The summed E-state index contributed by atoms with van der Waals surface area (Å²) in [6.45, 7) is 0. The van der Waals surface area contributed by atoms with Crippen molar-refractivity contribution < 1.29 is 4.73 Å². The Balaban J connectivity index is 2.91. The van der Waals surface area contributed by atoms with Crippen molar-refractivity contribution in [2.24, 2.45) is 0 Å². The molecule has 4 nitrogen and oxygen atoms in total. The van der Waals surface area contributed by atoms with Crippen LogP contribution >= 0.6 is 15.9 Å². The number of hydrogen-bond donors (Lipinski definition) is 1. The third kappa shape index (κ3) is 0.970. The molecule has 0 saturated carbocycles. The van der Waals surface area contributed by atoms with Gasteiger partial charge in [-0.25, -0.2) is 14.7 Å². The lowest BCUT2D eigenvalue weighted by atomic mass is 10.4. The topological polar surface area (TPSA) is 55.6 Å². The van der Waals surface area contributed by atoms with Crippen molar-refractivity contribution >= 4 is 27.1 Å². The number of nitrogens with zero attached hydrogens (tertiary/aromatic N) is 2. The zero-order valence-corrected chi connectivity index (χ0v) is 7.00. The number of halogens is 1. The fourth-order valence-corrected chi connectivity index (χ4v) is 1.33. The molecule has 0 spiro atoms. The van der Waals surface area contributed by atoms with Gasteiger partial charge in [-0.3, -0.25) is 0 Å². The molecule has 2 rings (SSSR count). The Hall–Kier alpha value is -1.10. The van der Waals surface area contributed by atoms with Gasteiger partial charge in [-0.1, -0.05) is 0 Å². The Morgan fingerprint density at radius 2 is 2.45 bits per heavy atom. The van der Waals surface area contributed by atoms with Crippen molar-refractivity contribution in [3.8, 4) is 0 Å². The van der Waals surface area contributed by atoms with Gasteiger partial charge in [0.25, 0.3) is 0 Å². The second-order valence-corrected chi connectivity index (χ2v) is 3.04. The zero-order chi connectivity index (χ0) is 7.84. The summed E-state index contributed by atoms with van der Waals surface area (Å²) >= 11 is 3.19. The van der Waals surface area contributed by atoms with E-state index in [1.165, 1.54) is 12.5 Å². The van der Waals surface area contributed by atoms with Crippen molar-refractivity contribution in [3.05, 3.63) is 28.3 Å². The highest BCUT2D eigenvalue weighted by Gasteiger charge is 2.04. The van der Waals surface area contributed by atoms with Crippen LogP contribution < -0.4 is 4.73 Å². The smallest absolute Gasteiger partial charge is 0.309 e. The highest BCUT2D eigenvalue weighted by atomic mass is 79.9. The van der Waals surface area contributed by atoms with Crippen LogP contribution in [-0.4, -0.2) is 9.97 Å². The molecule has 0 atom stereocenters. The van der Waals surface area contributed by atoms with Gasteiger partial charge in [-0.05, 0) is 22.0 Å². The Kier molecular flexibility index (Phi) is 1.32. The van der Waals surface area contributed by atoms with Crippen LogP contribution in [-0.2, 0) is 0 Å². The first kappa shape index (κ1) is 6.60. The van der Waals surface area contributed by atoms with E-state index < -0.39 is 0 Å². The van der Waals surface area contributed by atoms with E-state index in [0.29, 0.717) is 11.2 Å². The van der Waals surface area contributed by atoms with Gasteiger partial charge in [0.2, 0.25) is 0 Å². The van der Waals surface area contributed by atoms with Crippen LogP contribution in [0.5, 0.6) is 0 Å². The van der Waals surface area contributed by atoms with E-state index >= 15 is 0 Å². The minimum absolute atomic E-state index is 0.480. The van der Waals surface area contributed by atoms with Gasteiger partial charge in [0.05, 0.1) is 4.47 Å². The SMILES string of the molecule is [O-][n+]1cc(Br)cc2nc[nH]c21. The summed E-state index contributed by atoms with van der Waals surface area (Å²) in [4.78, 5) is 6.67. The van der Waals surface area contributed by atoms with Gasteiger partial charge in [-0.15, -0.1) is 0 Å². The third-order valence-electron chi connectivity index (χ3n) is 1.38. The summed E-state index contributed by atoms with van der Waals surface area (Å²) in [6.07, 6.45) is 2.92. The summed E-state index contributed by atoms with van der Waals surface area (Å²) in [5.41, 5.74) is 1.14. The van der Waals surface area contributed by atoms with Crippen molar-refractivity contribution in [1.82, 2.24) is 9.97 Å². The standard InChI is InChI=1S/C6H4BrN3O/c7-4-1-5-6(9-3-8-5)10(11)2-4/h1-3H,(H,8,9). The maximum absolute atomic E-state index is 11.1. The van der Waals surface area contributed by atoms with Gasteiger partial charge >= 0.3 is 5.65 Å². The molecule has 5 heteroatoms. The summed E-state index contributed by atoms with van der Waals surface area (Å²) in [7, 11) is 0. The van der Waals surface area contributed by atoms with Gasteiger partial charge < -0.3 is 5.21 Å². The Labute approximate surface area is 70.6 Å². The molecule has 2 aromatic heterocycles. The van der Waals surface area contributed by atoms with E-state index in [2.05, 4.69) is 25.9 Å². The number of H-pyrrole nitrogens is 1. The molecule has 0 aliphatic heterocycles. The van der Waals surface area contributed by atoms with E-state index in [4.69, 9.17) is 0 Å². The molecule has 0 aliphatic rings. The van der Waals surface area contributed by atoms with Crippen molar-refractivity contribution in [2.45, 2.75) is 0 Å². The first-order chi connectivity index (χ1) is 5.27. The minimum atomic E-state index is 0.480. The molecule has 0 fully saturated rings. The Bertz CT molecular complexity index is 398.